The van der Waals surface area contributed by atoms with Crippen LogP contribution in [0.3, 0.4) is 0 Å². The lowest BCUT2D eigenvalue weighted by molar-refractivity contribution is 0.100. The van der Waals surface area contributed by atoms with Crippen LogP contribution in [-0.4, -0.2) is 71.2 Å². The predicted molar refractivity (Wildman–Crippen MR) is 95.3 cm³/mol. The molecule has 2 rings (SSSR count). The summed E-state index contributed by atoms with van der Waals surface area (Å²) in [4.78, 5) is 13.7. The van der Waals surface area contributed by atoms with Crippen molar-refractivity contribution >= 4 is 11.7 Å². The van der Waals surface area contributed by atoms with Crippen LogP contribution in [0.5, 0.6) is 0 Å². The number of aromatic nitrogens is 2. The molecule has 0 aromatic carbocycles. The Morgan fingerprint density at radius 2 is 2.32 bits per heavy atom. The Labute approximate surface area is 148 Å². The zero-order valence-electron chi connectivity index (χ0n) is 15.2. The largest absolute Gasteiger partial charge is 0.383 e. The third kappa shape index (κ3) is 4.72. The van der Waals surface area contributed by atoms with Gasteiger partial charge in [0.1, 0.15) is 17.0 Å². The molecule has 1 aromatic rings. The van der Waals surface area contributed by atoms with E-state index in [1.165, 1.54) is 6.20 Å². The topological polar surface area (TPSA) is 106 Å². The second-order valence-corrected chi connectivity index (χ2v) is 6.75. The summed E-state index contributed by atoms with van der Waals surface area (Å²) < 4.78 is 7.14. The molecule has 2 atom stereocenters. The molecular formula is C17H27N5O3. The Morgan fingerprint density at radius 1 is 1.60 bits per heavy atom. The second kappa shape index (κ2) is 7.87. The number of nitrogens with zero attached hydrogens (tertiary/aromatic N) is 3. The SMILES string of the molecule is CNc1c(C(N)=O)cnn1[C@H]1C[C@H](COC)N(CC#CC(C)(C)O)C1. The Balaban J connectivity index is 2.18. The van der Waals surface area contributed by atoms with Crippen molar-refractivity contribution in [2.75, 3.05) is 39.2 Å². The number of ether oxygens (including phenoxy) is 1. The van der Waals surface area contributed by atoms with Crippen LogP contribution in [0.2, 0.25) is 0 Å². The molecular weight excluding hydrogens is 322 g/mol. The molecule has 0 bridgehead atoms. The molecule has 0 saturated carbocycles. The fourth-order valence-corrected chi connectivity index (χ4v) is 3.12. The van der Waals surface area contributed by atoms with E-state index in [1.807, 2.05) is 4.68 Å². The van der Waals surface area contributed by atoms with Crippen molar-refractivity contribution < 1.29 is 14.6 Å². The lowest BCUT2D eigenvalue weighted by Crippen LogP contribution is -2.33. The van der Waals surface area contributed by atoms with Crippen LogP contribution in [-0.2, 0) is 4.74 Å². The van der Waals surface area contributed by atoms with Gasteiger partial charge < -0.3 is 20.9 Å². The maximum atomic E-state index is 11.5. The molecule has 1 aliphatic heterocycles. The number of nitrogens with one attached hydrogen (secondary N) is 1. The van der Waals surface area contributed by atoms with E-state index in [1.54, 1.807) is 28.0 Å². The third-order valence-electron chi connectivity index (χ3n) is 4.18. The van der Waals surface area contributed by atoms with Crippen LogP contribution in [0.4, 0.5) is 5.82 Å². The minimum absolute atomic E-state index is 0.0830. The van der Waals surface area contributed by atoms with Gasteiger partial charge in [-0.1, -0.05) is 11.8 Å². The van der Waals surface area contributed by atoms with Crippen molar-refractivity contribution in [2.24, 2.45) is 5.73 Å². The molecule has 8 nitrogen and oxygen atoms in total. The van der Waals surface area contributed by atoms with Crippen LogP contribution in [0.25, 0.3) is 0 Å². The van der Waals surface area contributed by atoms with Gasteiger partial charge >= 0.3 is 0 Å². The second-order valence-electron chi connectivity index (χ2n) is 6.75. The van der Waals surface area contributed by atoms with Gasteiger partial charge in [-0.3, -0.25) is 9.69 Å². The molecule has 1 fully saturated rings. The Morgan fingerprint density at radius 3 is 2.88 bits per heavy atom. The number of anilines is 1. The van der Waals surface area contributed by atoms with E-state index < -0.39 is 11.5 Å². The monoisotopic (exact) mass is 349 g/mol. The van der Waals surface area contributed by atoms with E-state index in [0.29, 0.717) is 24.5 Å². The molecule has 1 amide bonds. The molecule has 1 aliphatic rings. The Hall–Kier alpha value is -2.08. The van der Waals surface area contributed by atoms with Crippen molar-refractivity contribution in [2.45, 2.75) is 38.0 Å². The minimum Gasteiger partial charge on any atom is -0.383 e. The molecule has 0 radical (unpaired) electrons. The smallest absolute Gasteiger partial charge is 0.254 e. The summed E-state index contributed by atoms with van der Waals surface area (Å²) in [5.74, 6) is 5.98. The van der Waals surface area contributed by atoms with Crippen molar-refractivity contribution in [1.29, 1.82) is 0 Å². The van der Waals surface area contributed by atoms with Crippen LogP contribution >= 0.6 is 0 Å². The number of nitrogens with two attached hydrogens (primary N) is 1. The van der Waals surface area contributed by atoms with Gasteiger partial charge in [0.15, 0.2) is 0 Å². The molecule has 138 valence electrons. The van der Waals surface area contributed by atoms with E-state index in [9.17, 15) is 9.90 Å². The average Bonchev–Trinajstić information content (AvgIpc) is 3.10. The quantitative estimate of drug-likeness (QED) is 0.627. The summed E-state index contributed by atoms with van der Waals surface area (Å²) in [6, 6.07) is 0.275. The zero-order valence-corrected chi connectivity index (χ0v) is 15.2. The number of primary amides is 1. The first kappa shape index (κ1) is 19.2. The summed E-state index contributed by atoms with van der Waals surface area (Å²) in [5.41, 5.74) is 4.78. The number of aliphatic hydroxyl groups is 1. The van der Waals surface area contributed by atoms with Crippen LogP contribution < -0.4 is 11.1 Å². The molecule has 0 unspecified atom stereocenters. The number of hydrogen-bond acceptors (Lipinski definition) is 6. The highest BCUT2D eigenvalue weighted by atomic mass is 16.5. The molecule has 0 spiro atoms. The zero-order chi connectivity index (χ0) is 18.6. The van der Waals surface area contributed by atoms with Crippen molar-refractivity contribution in [3.05, 3.63) is 11.8 Å². The number of carbonyl (C=O) groups excluding carboxylic acids is 1. The summed E-state index contributed by atoms with van der Waals surface area (Å²) in [5, 5.41) is 17.1. The minimum atomic E-state index is -1.01. The molecule has 2 heterocycles. The van der Waals surface area contributed by atoms with E-state index in [4.69, 9.17) is 10.5 Å². The van der Waals surface area contributed by atoms with Gasteiger partial charge in [-0.2, -0.15) is 5.10 Å². The van der Waals surface area contributed by atoms with Gasteiger partial charge in [-0.05, 0) is 20.3 Å². The first-order chi connectivity index (χ1) is 11.8. The van der Waals surface area contributed by atoms with Crippen molar-refractivity contribution in [3.63, 3.8) is 0 Å². The van der Waals surface area contributed by atoms with Crippen LogP contribution in [0, 0.1) is 11.8 Å². The van der Waals surface area contributed by atoms with Gasteiger partial charge in [0, 0.05) is 26.7 Å². The third-order valence-corrected chi connectivity index (χ3v) is 4.18. The number of hydrogen-bond donors (Lipinski definition) is 3. The molecule has 1 saturated heterocycles. The fraction of sp³-hybridized carbons (Fsp3) is 0.647. The highest BCUT2D eigenvalue weighted by Gasteiger charge is 2.34. The standard InChI is InChI=1S/C17H27N5O3/c1-17(2,24)6-5-7-21-10-12(8-13(21)11-25-4)22-16(19-3)14(9-20-22)15(18)23/h9,12-13,19,24H,7-8,10-11H2,1-4H3,(H2,18,23)/t12-,13+/m0/s1. The Kier molecular flexibility index (Phi) is 6.06. The number of carbonyl (C=O) groups is 1. The summed E-state index contributed by atoms with van der Waals surface area (Å²) in [6.07, 6.45) is 2.32. The maximum Gasteiger partial charge on any atom is 0.254 e. The van der Waals surface area contributed by atoms with Crippen LogP contribution in [0.15, 0.2) is 6.20 Å². The van der Waals surface area contributed by atoms with Gasteiger partial charge in [0.05, 0.1) is 25.4 Å². The lowest BCUT2D eigenvalue weighted by Gasteiger charge is -2.21. The van der Waals surface area contributed by atoms with Gasteiger partial charge in [-0.15, -0.1) is 0 Å². The highest BCUT2D eigenvalue weighted by molar-refractivity contribution is 5.97. The predicted octanol–water partition coefficient (Wildman–Crippen LogP) is 0.0598. The summed E-state index contributed by atoms with van der Waals surface area (Å²) in [7, 11) is 3.42. The Bertz CT molecular complexity index is 668. The van der Waals surface area contributed by atoms with E-state index in [-0.39, 0.29) is 12.1 Å². The molecule has 25 heavy (non-hydrogen) atoms. The maximum absolute atomic E-state index is 11.5. The van der Waals surface area contributed by atoms with E-state index in [0.717, 1.165) is 13.0 Å². The van der Waals surface area contributed by atoms with E-state index >= 15 is 0 Å². The molecule has 8 heteroatoms. The molecule has 1 aromatic heterocycles. The number of amides is 1. The van der Waals surface area contributed by atoms with Crippen molar-refractivity contribution in [3.8, 4) is 11.8 Å². The van der Waals surface area contributed by atoms with Gasteiger partial charge in [0.2, 0.25) is 0 Å². The number of likely N-dealkylation sites (tertiary alicyclic amines) is 1. The highest BCUT2D eigenvalue weighted by Crippen LogP contribution is 2.30. The summed E-state index contributed by atoms with van der Waals surface area (Å²) in [6.45, 7) is 5.16. The number of methoxy groups -OCH3 is 1. The average molecular weight is 349 g/mol. The van der Waals surface area contributed by atoms with Crippen molar-refractivity contribution in [1.82, 2.24) is 14.7 Å². The van der Waals surface area contributed by atoms with Gasteiger partial charge in [0.25, 0.3) is 5.91 Å². The fourth-order valence-electron chi connectivity index (χ4n) is 3.12. The first-order valence-electron chi connectivity index (χ1n) is 8.27. The lowest BCUT2D eigenvalue weighted by atomic mass is 10.1. The molecule has 4 N–H and O–H groups in total. The van der Waals surface area contributed by atoms with E-state index in [2.05, 4.69) is 27.2 Å². The van der Waals surface area contributed by atoms with Crippen LogP contribution in [0.1, 0.15) is 36.7 Å². The number of rotatable bonds is 6. The first-order valence-corrected chi connectivity index (χ1v) is 8.27. The summed E-state index contributed by atoms with van der Waals surface area (Å²) >= 11 is 0. The van der Waals surface area contributed by atoms with Gasteiger partial charge in [-0.25, -0.2) is 4.68 Å². The normalized spacial score (nSPS) is 21.0. The molecule has 0 aliphatic carbocycles.